The van der Waals surface area contributed by atoms with E-state index in [1.165, 1.54) is 6.07 Å². The number of hydrogen-bond acceptors (Lipinski definition) is 6. The number of thiazole rings is 1. The van der Waals surface area contributed by atoms with Crippen molar-refractivity contribution in [3.63, 3.8) is 0 Å². The van der Waals surface area contributed by atoms with Crippen molar-refractivity contribution in [1.29, 1.82) is 0 Å². The highest BCUT2D eigenvalue weighted by atomic mass is 32.2. The molecular weight excluding hydrogens is 307 g/mol. The molecule has 3 aromatic rings. The number of halogens is 1. The Balaban J connectivity index is 2.03. The third-order valence-corrected chi connectivity index (χ3v) is 5.21. The Morgan fingerprint density at radius 2 is 2.10 bits per heavy atom. The van der Waals surface area contributed by atoms with E-state index in [1.807, 2.05) is 12.3 Å². The van der Waals surface area contributed by atoms with Gasteiger partial charge < -0.3 is 11.5 Å². The Kier molecular flexibility index (Phi) is 3.69. The summed E-state index contributed by atoms with van der Waals surface area (Å²) in [7, 11) is 0. The number of nitrogens with zero attached hydrogens (tertiary/aromatic N) is 2. The molecule has 0 bridgehead atoms. The first-order valence-electron chi connectivity index (χ1n) is 6.20. The van der Waals surface area contributed by atoms with E-state index < -0.39 is 0 Å². The average Bonchev–Trinajstić information content (AvgIpc) is 2.86. The lowest BCUT2D eigenvalue weighted by Crippen LogP contribution is -2.03. The lowest BCUT2D eigenvalue weighted by atomic mass is 10.0. The summed E-state index contributed by atoms with van der Waals surface area (Å²) in [5.41, 5.74) is 14.0. The summed E-state index contributed by atoms with van der Waals surface area (Å²) in [6.07, 6.45) is 3.91. The van der Waals surface area contributed by atoms with Gasteiger partial charge in [0.2, 0.25) is 0 Å². The molecule has 0 aliphatic rings. The van der Waals surface area contributed by atoms with Gasteiger partial charge in [-0.25, -0.2) is 14.4 Å². The van der Waals surface area contributed by atoms with Crippen LogP contribution in [-0.4, -0.2) is 16.2 Å². The molecule has 2 aromatic heterocycles. The predicted octanol–water partition coefficient (Wildman–Crippen LogP) is 3.31. The molecule has 0 radical (unpaired) electrons. The number of pyridine rings is 1. The van der Waals surface area contributed by atoms with E-state index in [2.05, 4.69) is 9.97 Å². The van der Waals surface area contributed by atoms with Crippen LogP contribution in [0.25, 0.3) is 10.2 Å². The summed E-state index contributed by atoms with van der Waals surface area (Å²) in [4.78, 5) is 8.27. The van der Waals surface area contributed by atoms with Crippen LogP contribution in [-0.2, 0) is 6.42 Å². The fraction of sp³-hybridized carbons (Fsp3) is 0.143. The normalized spacial score (nSPS) is 11.1. The Hall–Kier alpha value is -1.86. The van der Waals surface area contributed by atoms with E-state index in [0.29, 0.717) is 23.2 Å². The van der Waals surface area contributed by atoms with Crippen molar-refractivity contribution in [3.05, 3.63) is 41.3 Å². The second kappa shape index (κ2) is 5.50. The van der Waals surface area contributed by atoms with Gasteiger partial charge >= 0.3 is 0 Å². The summed E-state index contributed by atoms with van der Waals surface area (Å²) in [5.74, 6) is -0.00770. The Morgan fingerprint density at radius 1 is 1.29 bits per heavy atom. The second-order valence-corrected chi connectivity index (χ2v) is 6.63. The van der Waals surface area contributed by atoms with Crippen molar-refractivity contribution in [2.24, 2.45) is 0 Å². The maximum Gasteiger partial charge on any atom is 0.150 e. The van der Waals surface area contributed by atoms with Gasteiger partial charge in [0.1, 0.15) is 11.6 Å². The first kappa shape index (κ1) is 14.1. The van der Waals surface area contributed by atoms with Crippen molar-refractivity contribution in [2.75, 3.05) is 17.7 Å². The Labute approximate surface area is 129 Å². The molecule has 0 saturated carbocycles. The lowest BCUT2D eigenvalue weighted by Gasteiger charge is -2.08. The smallest absolute Gasteiger partial charge is 0.150 e. The molecule has 108 valence electrons. The van der Waals surface area contributed by atoms with Crippen LogP contribution in [0.1, 0.15) is 11.1 Å². The van der Waals surface area contributed by atoms with Crippen molar-refractivity contribution in [2.45, 2.75) is 10.8 Å². The molecule has 7 heteroatoms. The van der Waals surface area contributed by atoms with Gasteiger partial charge in [-0.2, -0.15) is 0 Å². The van der Waals surface area contributed by atoms with Crippen molar-refractivity contribution >= 4 is 44.8 Å². The molecule has 21 heavy (non-hydrogen) atoms. The predicted molar refractivity (Wildman–Crippen MR) is 87.2 cm³/mol. The minimum Gasteiger partial charge on any atom is -0.396 e. The van der Waals surface area contributed by atoms with Gasteiger partial charge in [0.05, 0.1) is 15.9 Å². The van der Waals surface area contributed by atoms with E-state index in [0.717, 1.165) is 14.6 Å². The minimum absolute atomic E-state index is 0.274. The molecule has 0 amide bonds. The van der Waals surface area contributed by atoms with Gasteiger partial charge in [-0.15, -0.1) is 11.3 Å². The average molecular weight is 320 g/mol. The Morgan fingerprint density at radius 3 is 2.86 bits per heavy atom. The molecule has 0 atom stereocenters. The molecule has 0 fully saturated rings. The highest BCUT2D eigenvalue weighted by Gasteiger charge is 2.12. The summed E-state index contributed by atoms with van der Waals surface area (Å²) in [5, 5.41) is 0. The van der Waals surface area contributed by atoms with E-state index in [4.69, 9.17) is 11.5 Å². The summed E-state index contributed by atoms with van der Waals surface area (Å²) in [6.45, 7) is 0. The molecule has 3 rings (SSSR count). The van der Waals surface area contributed by atoms with Gasteiger partial charge in [0.25, 0.3) is 0 Å². The number of nitrogen functional groups attached to an aromatic ring is 2. The lowest BCUT2D eigenvalue weighted by molar-refractivity contribution is 0.616. The maximum absolute atomic E-state index is 14.2. The number of anilines is 2. The zero-order valence-electron chi connectivity index (χ0n) is 11.3. The van der Waals surface area contributed by atoms with E-state index in [1.54, 1.807) is 35.4 Å². The van der Waals surface area contributed by atoms with Gasteiger partial charge in [-0.1, -0.05) is 11.8 Å². The highest BCUT2D eigenvalue weighted by molar-refractivity contribution is 8.00. The Bertz CT molecular complexity index is 816. The fourth-order valence-corrected chi connectivity index (χ4v) is 3.62. The minimum atomic E-state index is -0.282. The van der Waals surface area contributed by atoms with Crippen LogP contribution in [0.15, 0.2) is 28.7 Å². The first-order valence-corrected chi connectivity index (χ1v) is 8.24. The molecule has 0 spiro atoms. The number of hydrogen-bond donors (Lipinski definition) is 2. The van der Waals surface area contributed by atoms with Gasteiger partial charge in [-0.3, -0.25) is 0 Å². The van der Waals surface area contributed by atoms with Gasteiger partial charge in [0, 0.05) is 18.7 Å². The first-order chi connectivity index (χ1) is 10.1. The third-order valence-electron chi connectivity index (χ3n) is 3.20. The van der Waals surface area contributed by atoms with Crippen LogP contribution in [0.5, 0.6) is 0 Å². The zero-order chi connectivity index (χ0) is 15.0. The second-order valence-electron chi connectivity index (χ2n) is 4.54. The summed E-state index contributed by atoms with van der Waals surface area (Å²) in [6, 6.07) is 5.06. The molecular formula is C14H13FN4S2. The van der Waals surface area contributed by atoms with E-state index >= 15 is 0 Å². The number of nitrogens with two attached hydrogens (primary N) is 2. The molecule has 0 saturated heterocycles. The molecule has 0 unspecified atom stereocenters. The van der Waals surface area contributed by atoms with Crippen molar-refractivity contribution in [1.82, 2.24) is 9.97 Å². The molecule has 0 aliphatic carbocycles. The van der Waals surface area contributed by atoms with E-state index in [9.17, 15) is 4.39 Å². The summed E-state index contributed by atoms with van der Waals surface area (Å²) >= 11 is 3.11. The summed E-state index contributed by atoms with van der Waals surface area (Å²) < 4.78 is 16.1. The van der Waals surface area contributed by atoms with Crippen molar-refractivity contribution < 1.29 is 4.39 Å². The molecule has 1 aromatic carbocycles. The van der Waals surface area contributed by atoms with E-state index in [-0.39, 0.29) is 11.6 Å². The topological polar surface area (TPSA) is 77.8 Å². The van der Waals surface area contributed by atoms with Crippen LogP contribution >= 0.6 is 23.1 Å². The highest BCUT2D eigenvalue weighted by Crippen LogP contribution is 2.31. The number of thioether (sulfide) groups is 1. The monoisotopic (exact) mass is 320 g/mol. The molecule has 2 heterocycles. The van der Waals surface area contributed by atoms with Gasteiger partial charge in [0.15, 0.2) is 4.34 Å². The zero-order valence-corrected chi connectivity index (χ0v) is 12.9. The third kappa shape index (κ3) is 2.66. The molecule has 4 N–H and O–H groups in total. The SMILES string of the molecule is CSc1nc2cc(F)c(Cc3ccnc(N)c3N)cc2s1. The van der Waals surface area contributed by atoms with Crippen LogP contribution in [0, 0.1) is 5.82 Å². The maximum atomic E-state index is 14.2. The standard InChI is InChI=1S/C14H13FN4S2/c1-20-14-19-10-6-9(15)8(5-11(10)21-14)4-7-2-3-18-13(17)12(7)16/h2-3,5-6H,4,16H2,1H3,(H2,17,18). The van der Waals surface area contributed by atoms with Crippen LogP contribution in [0.2, 0.25) is 0 Å². The fourth-order valence-electron chi connectivity index (χ4n) is 2.08. The number of aromatic nitrogens is 2. The molecule has 0 aliphatic heterocycles. The molecule has 4 nitrogen and oxygen atoms in total. The van der Waals surface area contributed by atoms with Crippen LogP contribution in [0.4, 0.5) is 15.9 Å². The van der Waals surface area contributed by atoms with Crippen molar-refractivity contribution in [3.8, 4) is 0 Å². The number of fused-ring (bicyclic) bond motifs is 1. The number of benzene rings is 1. The van der Waals surface area contributed by atoms with Crippen LogP contribution in [0.3, 0.4) is 0 Å². The quantitative estimate of drug-likeness (QED) is 0.724. The van der Waals surface area contributed by atoms with Gasteiger partial charge in [-0.05, 0) is 29.5 Å². The largest absolute Gasteiger partial charge is 0.396 e. The number of rotatable bonds is 3. The van der Waals surface area contributed by atoms with Crippen LogP contribution < -0.4 is 11.5 Å².